The van der Waals surface area contributed by atoms with Crippen molar-refractivity contribution in [1.29, 1.82) is 0 Å². The molecule has 7 heteroatoms. The number of carbonyl (C=O) groups excluding carboxylic acids is 1. The Hall–Kier alpha value is -2.96. The summed E-state index contributed by atoms with van der Waals surface area (Å²) in [6.07, 6.45) is 3.00. The maximum Gasteiger partial charge on any atom is 0.277 e. The molecule has 1 atom stereocenters. The highest BCUT2D eigenvalue weighted by Gasteiger charge is 2.14. The molecule has 2 aromatic heterocycles. The maximum absolute atomic E-state index is 12.3. The second-order valence-electron chi connectivity index (χ2n) is 6.96. The fourth-order valence-electron chi connectivity index (χ4n) is 3.03. The van der Waals surface area contributed by atoms with Crippen LogP contribution in [-0.4, -0.2) is 31.5 Å². The molecule has 0 radical (unpaired) electrons. The second-order valence-corrected chi connectivity index (χ2v) is 6.96. The van der Waals surface area contributed by atoms with E-state index in [-0.39, 0.29) is 23.9 Å². The van der Waals surface area contributed by atoms with E-state index in [0.717, 1.165) is 19.3 Å². The molecule has 0 saturated carbocycles. The van der Waals surface area contributed by atoms with E-state index in [2.05, 4.69) is 32.5 Å². The number of aromatic nitrogens is 4. The first kappa shape index (κ1) is 18.8. The second kappa shape index (κ2) is 8.16. The Bertz CT molecular complexity index is 991. The van der Waals surface area contributed by atoms with Gasteiger partial charge in [0.05, 0.1) is 6.42 Å². The van der Waals surface area contributed by atoms with Crippen molar-refractivity contribution in [3.63, 3.8) is 0 Å². The molecule has 0 spiro atoms. The van der Waals surface area contributed by atoms with Gasteiger partial charge in [0.2, 0.25) is 5.91 Å². The fourth-order valence-corrected chi connectivity index (χ4v) is 3.03. The zero-order chi connectivity index (χ0) is 19.4. The summed E-state index contributed by atoms with van der Waals surface area (Å²) < 4.78 is 1.29. The summed E-state index contributed by atoms with van der Waals surface area (Å²) in [6, 6.07) is 10.4. The van der Waals surface area contributed by atoms with E-state index >= 15 is 0 Å². The molecule has 7 nitrogen and oxygen atoms in total. The third-order valence-corrected chi connectivity index (χ3v) is 4.69. The quantitative estimate of drug-likeness (QED) is 0.669. The van der Waals surface area contributed by atoms with E-state index in [9.17, 15) is 9.59 Å². The molecule has 0 saturated heterocycles. The number of H-pyrrole nitrogens is 1. The first-order chi connectivity index (χ1) is 12.9. The number of nitrogens with one attached hydrogen (secondary N) is 2. The lowest BCUT2D eigenvalue weighted by atomic mass is 10.1. The Morgan fingerprint density at radius 1 is 1.22 bits per heavy atom. The summed E-state index contributed by atoms with van der Waals surface area (Å²) >= 11 is 0. The highest BCUT2D eigenvalue weighted by atomic mass is 16.2. The molecule has 1 aromatic carbocycles. The Kier molecular flexibility index (Phi) is 5.69. The minimum absolute atomic E-state index is 0.0796. The molecule has 0 aliphatic carbocycles. The van der Waals surface area contributed by atoms with Crippen molar-refractivity contribution in [2.24, 2.45) is 0 Å². The lowest BCUT2D eigenvalue weighted by Crippen LogP contribution is -2.34. The first-order valence-corrected chi connectivity index (χ1v) is 9.22. The smallest absolute Gasteiger partial charge is 0.277 e. The third kappa shape index (κ3) is 4.61. The van der Waals surface area contributed by atoms with Crippen LogP contribution in [0, 0.1) is 13.8 Å². The predicted octanol–water partition coefficient (Wildman–Crippen LogP) is 2.10. The van der Waals surface area contributed by atoms with Crippen molar-refractivity contribution < 1.29 is 4.79 Å². The van der Waals surface area contributed by atoms with Crippen LogP contribution in [0.2, 0.25) is 0 Å². The van der Waals surface area contributed by atoms with Crippen molar-refractivity contribution in [3.8, 4) is 0 Å². The van der Waals surface area contributed by atoms with Crippen LogP contribution < -0.4 is 10.9 Å². The predicted molar refractivity (Wildman–Crippen MR) is 104 cm³/mol. The van der Waals surface area contributed by atoms with Gasteiger partial charge in [-0.15, -0.1) is 0 Å². The van der Waals surface area contributed by atoms with Gasteiger partial charge in [-0.2, -0.15) is 9.50 Å². The minimum Gasteiger partial charge on any atom is -0.353 e. The number of amides is 1. The van der Waals surface area contributed by atoms with Crippen molar-refractivity contribution in [3.05, 3.63) is 63.3 Å². The molecule has 27 heavy (non-hydrogen) atoms. The maximum atomic E-state index is 12.3. The Morgan fingerprint density at radius 3 is 2.70 bits per heavy atom. The molecule has 3 rings (SSSR count). The Morgan fingerprint density at radius 2 is 1.96 bits per heavy atom. The zero-order valence-corrected chi connectivity index (χ0v) is 16.0. The largest absolute Gasteiger partial charge is 0.353 e. The summed E-state index contributed by atoms with van der Waals surface area (Å²) in [6.45, 7) is 5.50. The molecular formula is C20H25N5O2. The van der Waals surface area contributed by atoms with E-state index in [1.165, 1.54) is 10.1 Å². The molecule has 2 N–H and O–H groups in total. The Labute approximate surface area is 157 Å². The van der Waals surface area contributed by atoms with Crippen molar-refractivity contribution in [1.82, 2.24) is 24.9 Å². The number of aryl methyl sites for hydroxylation is 2. The number of fused-ring (bicyclic) bond motifs is 1. The van der Waals surface area contributed by atoms with Gasteiger partial charge >= 0.3 is 0 Å². The molecule has 0 fully saturated rings. The third-order valence-electron chi connectivity index (χ3n) is 4.69. The van der Waals surface area contributed by atoms with Crippen LogP contribution in [0.1, 0.15) is 42.4 Å². The van der Waals surface area contributed by atoms with Gasteiger partial charge in [-0.25, -0.2) is 4.98 Å². The average Bonchev–Trinajstić information content (AvgIpc) is 3.02. The van der Waals surface area contributed by atoms with Crippen molar-refractivity contribution in [2.75, 3.05) is 0 Å². The SMILES string of the molecule is Cc1nc2nc(CC(=O)NC(C)CCCc3ccccc3)[nH]n2c(=O)c1C. The van der Waals surface area contributed by atoms with Gasteiger partial charge in [0.15, 0.2) is 0 Å². The molecule has 142 valence electrons. The summed E-state index contributed by atoms with van der Waals surface area (Å²) in [5, 5.41) is 5.86. The number of hydrogen-bond donors (Lipinski definition) is 2. The van der Waals surface area contributed by atoms with E-state index in [1.807, 2.05) is 25.1 Å². The molecule has 0 aliphatic rings. The summed E-state index contributed by atoms with van der Waals surface area (Å²) in [4.78, 5) is 33.0. The van der Waals surface area contributed by atoms with Gasteiger partial charge in [-0.1, -0.05) is 30.3 Å². The zero-order valence-electron chi connectivity index (χ0n) is 16.0. The Balaban J connectivity index is 1.53. The van der Waals surface area contributed by atoms with E-state index in [0.29, 0.717) is 22.9 Å². The minimum atomic E-state index is -0.189. The first-order valence-electron chi connectivity index (χ1n) is 9.22. The molecule has 2 heterocycles. The standard InChI is InChI=1S/C20H25N5O2/c1-13(8-7-11-16-9-5-4-6-10-16)21-18(26)12-17-23-20-22-15(3)14(2)19(27)25(20)24-17/h4-6,9-10,13H,7-8,11-12H2,1-3H3,(H,21,26)(H,22,23,24). The molecule has 1 amide bonds. The number of nitrogens with zero attached hydrogens (tertiary/aromatic N) is 3. The average molecular weight is 367 g/mol. The van der Waals surface area contributed by atoms with E-state index < -0.39 is 0 Å². The number of aromatic amines is 1. The molecule has 0 aliphatic heterocycles. The van der Waals surface area contributed by atoms with E-state index in [1.54, 1.807) is 13.8 Å². The van der Waals surface area contributed by atoms with Crippen LogP contribution in [0.15, 0.2) is 35.1 Å². The molecule has 1 unspecified atom stereocenters. The molecule has 0 bridgehead atoms. The summed E-state index contributed by atoms with van der Waals surface area (Å²) in [5.74, 6) is 0.600. The highest BCUT2D eigenvalue weighted by molar-refractivity contribution is 5.78. The van der Waals surface area contributed by atoms with Gasteiger partial charge in [-0.3, -0.25) is 14.7 Å². The van der Waals surface area contributed by atoms with Gasteiger partial charge in [0.1, 0.15) is 5.82 Å². The molecule has 3 aromatic rings. The highest BCUT2D eigenvalue weighted by Crippen LogP contribution is 2.07. The van der Waals surface area contributed by atoms with Crippen LogP contribution >= 0.6 is 0 Å². The van der Waals surface area contributed by atoms with Gasteiger partial charge in [-0.05, 0) is 45.6 Å². The topological polar surface area (TPSA) is 92.2 Å². The number of benzene rings is 1. The van der Waals surface area contributed by atoms with Crippen LogP contribution in [0.5, 0.6) is 0 Å². The fraction of sp³-hybridized carbons (Fsp3) is 0.400. The van der Waals surface area contributed by atoms with Crippen molar-refractivity contribution >= 4 is 11.7 Å². The van der Waals surface area contributed by atoms with Crippen LogP contribution in [0.25, 0.3) is 5.78 Å². The number of carbonyl (C=O) groups is 1. The monoisotopic (exact) mass is 367 g/mol. The lowest BCUT2D eigenvalue weighted by molar-refractivity contribution is -0.121. The number of hydrogen-bond acceptors (Lipinski definition) is 4. The molecular weight excluding hydrogens is 342 g/mol. The van der Waals surface area contributed by atoms with E-state index in [4.69, 9.17) is 0 Å². The van der Waals surface area contributed by atoms with Gasteiger partial charge in [0, 0.05) is 17.3 Å². The van der Waals surface area contributed by atoms with Crippen molar-refractivity contribution in [2.45, 2.75) is 52.5 Å². The summed E-state index contributed by atoms with van der Waals surface area (Å²) in [7, 11) is 0. The van der Waals surface area contributed by atoms with Crippen LogP contribution in [-0.2, 0) is 17.6 Å². The normalized spacial score (nSPS) is 12.3. The van der Waals surface area contributed by atoms with Crippen LogP contribution in [0.3, 0.4) is 0 Å². The number of rotatable bonds is 7. The van der Waals surface area contributed by atoms with Gasteiger partial charge in [0.25, 0.3) is 11.3 Å². The lowest BCUT2D eigenvalue weighted by Gasteiger charge is -2.13. The summed E-state index contributed by atoms with van der Waals surface area (Å²) in [5.41, 5.74) is 2.33. The van der Waals surface area contributed by atoms with Crippen LogP contribution in [0.4, 0.5) is 0 Å². The van der Waals surface area contributed by atoms with Gasteiger partial charge < -0.3 is 5.32 Å².